The molecule has 4 aromatic rings. The van der Waals surface area contributed by atoms with E-state index >= 15 is 0 Å². The van der Waals surface area contributed by atoms with Crippen LogP contribution in [0.4, 0.5) is 0 Å². The average Bonchev–Trinajstić information content (AvgIpc) is 2.89. The molecule has 0 spiro atoms. The minimum Gasteiger partial charge on any atom is -0.236 e. The van der Waals surface area contributed by atoms with Crippen LogP contribution in [0.2, 0.25) is 5.28 Å². The zero-order valence-corrected chi connectivity index (χ0v) is 15.2. The Morgan fingerprint density at radius 1 is 0.846 bits per heavy atom. The number of benzene rings is 2. The van der Waals surface area contributed by atoms with Gasteiger partial charge in [0, 0.05) is 22.6 Å². The van der Waals surface area contributed by atoms with Gasteiger partial charge in [0.1, 0.15) is 0 Å². The molecule has 0 saturated heterocycles. The molecule has 0 N–H and O–H groups in total. The molecule has 0 saturated carbocycles. The Kier molecular flexibility index (Phi) is 3.19. The Labute approximate surface area is 156 Å². The number of hydrogen-bond donors (Lipinski definition) is 0. The van der Waals surface area contributed by atoms with Gasteiger partial charge in [0.05, 0.1) is 5.69 Å². The zero-order chi connectivity index (χ0) is 17.9. The number of hydrogen-bond acceptors (Lipinski definition) is 3. The van der Waals surface area contributed by atoms with E-state index in [0.717, 1.165) is 16.6 Å². The van der Waals surface area contributed by atoms with E-state index in [9.17, 15) is 0 Å². The molecule has 2 heterocycles. The van der Waals surface area contributed by atoms with Crippen molar-refractivity contribution in [3.8, 4) is 22.4 Å². The molecule has 26 heavy (non-hydrogen) atoms. The number of nitrogens with zero attached hydrogens (tertiary/aromatic N) is 3. The van der Waals surface area contributed by atoms with Crippen molar-refractivity contribution >= 4 is 22.6 Å². The SMILES string of the molecule is CC1(C)c2ccccc2-c2ccc(-c3nc(Cl)nc4ncccc34)cc21. The lowest BCUT2D eigenvalue weighted by molar-refractivity contribution is 0.660. The molecule has 2 aromatic heterocycles. The third kappa shape index (κ3) is 2.10. The molecule has 3 nitrogen and oxygen atoms in total. The van der Waals surface area contributed by atoms with Crippen LogP contribution in [0.5, 0.6) is 0 Å². The maximum absolute atomic E-state index is 6.16. The second-order valence-electron chi connectivity index (χ2n) is 7.15. The van der Waals surface area contributed by atoms with E-state index in [-0.39, 0.29) is 10.7 Å². The summed E-state index contributed by atoms with van der Waals surface area (Å²) in [6.45, 7) is 4.54. The smallest absolute Gasteiger partial charge is 0.225 e. The Hall–Kier alpha value is -2.78. The second-order valence-corrected chi connectivity index (χ2v) is 7.48. The van der Waals surface area contributed by atoms with Gasteiger partial charge >= 0.3 is 0 Å². The van der Waals surface area contributed by atoms with Crippen LogP contribution in [0.15, 0.2) is 60.8 Å². The van der Waals surface area contributed by atoms with Crippen LogP contribution >= 0.6 is 11.6 Å². The van der Waals surface area contributed by atoms with Gasteiger partial charge in [0.25, 0.3) is 0 Å². The minimum atomic E-state index is -0.0488. The van der Waals surface area contributed by atoms with E-state index in [2.05, 4.69) is 71.3 Å². The normalized spacial score (nSPS) is 14.3. The van der Waals surface area contributed by atoms with E-state index in [1.807, 2.05) is 12.1 Å². The van der Waals surface area contributed by atoms with Crippen molar-refractivity contribution in [1.29, 1.82) is 0 Å². The number of pyridine rings is 1. The maximum Gasteiger partial charge on any atom is 0.225 e. The van der Waals surface area contributed by atoms with Crippen molar-refractivity contribution in [1.82, 2.24) is 15.0 Å². The second kappa shape index (κ2) is 5.36. The van der Waals surface area contributed by atoms with Crippen molar-refractivity contribution in [2.45, 2.75) is 19.3 Å². The summed E-state index contributed by atoms with van der Waals surface area (Å²) in [5.41, 5.74) is 7.69. The van der Waals surface area contributed by atoms with E-state index in [1.54, 1.807) is 6.20 Å². The third-order valence-corrected chi connectivity index (χ3v) is 5.47. The first-order valence-corrected chi connectivity index (χ1v) is 8.96. The maximum atomic E-state index is 6.16. The Morgan fingerprint density at radius 2 is 1.65 bits per heavy atom. The van der Waals surface area contributed by atoms with Crippen LogP contribution in [-0.4, -0.2) is 15.0 Å². The standard InChI is InChI=1S/C22H16ClN3/c1-22(2)17-8-4-3-6-14(17)15-10-9-13(12-18(15)22)19-16-7-5-11-24-20(16)26-21(23)25-19/h3-12H,1-2H3. The quantitative estimate of drug-likeness (QED) is 0.413. The molecule has 0 aliphatic heterocycles. The van der Waals surface area contributed by atoms with Gasteiger partial charge in [0.2, 0.25) is 5.28 Å². The van der Waals surface area contributed by atoms with E-state index in [0.29, 0.717) is 5.65 Å². The van der Waals surface area contributed by atoms with Gasteiger partial charge in [-0.2, -0.15) is 4.98 Å². The van der Waals surface area contributed by atoms with E-state index < -0.39 is 0 Å². The predicted molar refractivity (Wildman–Crippen MR) is 105 cm³/mol. The molecule has 0 radical (unpaired) electrons. The zero-order valence-electron chi connectivity index (χ0n) is 14.5. The summed E-state index contributed by atoms with van der Waals surface area (Å²) in [6.07, 6.45) is 1.72. The Bertz CT molecular complexity index is 1180. The fourth-order valence-electron chi connectivity index (χ4n) is 4.01. The van der Waals surface area contributed by atoms with Crippen LogP contribution in [-0.2, 0) is 5.41 Å². The van der Waals surface area contributed by atoms with Crippen LogP contribution in [0.1, 0.15) is 25.0 Å². The number of rotatable bonds is 1. The monoisotopic (exact) mass is 357 g/mol. The highest BCUT2D eigenvalue weighted by molar-refractivity contribution is 6.28. The van der Waals surface area contributed by atoms with Gasteiger partial charge in [-0.1, -0.05) is 50.2 Å². The molecule has 0 amide bonds. The molecule has 1 aliphatic carbocycles. The van der Waals surface area contributed by atoms with Gasteiger partial charge in [0.15, 0.2) is 5.65 Å². The summed E-state index contributed by atoms with van der Waals surface area (Å²) >= 11 is 6.16. The fraction of sp³-hybridized carbons (Fsp3) is 0.136. The van der Waals surface area contributed by atoms with Gasteiger partial charge in [-0.15, -0.1) is 0 Å². The van der Waals surface area contributed by atoms with Crippen molar-refractivity contribution in [2.24, 2.45) is 0 Å². The molecule has 0 unspecified atom stereocenters. The highest BCUT2D eigenvalue weighted by atomic mass is 35.5. The molecule has 0 bridgehead atoms. The lowest BCUT2D eigenvalue weighted by atomic mass is 9.82. The summed E-state index contributed by atoms with van der Waals surface area (Å²) in [5.74, 6) is 0. The first kappa shape index (κ1) is 15.5. The molecular weight excluding hydrogens is 342 g/mol. The Balaban J connectivity index is 1.77. The first-order valence-electron chi connectivity index (χ1n) is 8.59. The minimum absolute atomic E-state index is 0.0488. The van der Waals surface area contributed by atoms with E-state index in [4.69, 9.17) is 11.6 Å². The molecular formula is C22H16ClN3. The summed E-state index contributed by atoms with van der Waals surface area (Å²) in [5, 5.41) is 1.12. The van der Waals surface area contributed by atoms with Crippen LogP contribution in [0, 0.1) is 0 Å². The van der Waals surface area contributed by atoms with Crippen LogP contribution < -0.4 is 0 Å². The lowest BCUT2D eigenvalue weighted by Crippen LogP contribution is -2.14. The third-order valence-electron chi connectivity index (χ3n) is 5.30. The van der Waals surface area contributed by atoms with Gasteiger partial charge < -0.3 is 0 Å². The topological polar surface area (TPSA) is 38.7 Å². The molecule has 4 heteroatoms. The predicted octanol–water partition coefficient (Wildman–Crippen LogP) is 5.65. The summed E-state index contributed by atoms with van der Waals surface area (Å²) < 4.78 is 0. The average molecular weight is 358 g/mol. The molecule has 126 valence electrons. The molecule has 0 fully saturated rings. The molecule has 1 aliphatic rings. The fourth-order valence-corrected chi connectivity index (χ4v) is 4.17. The number of fused-ring (bicyclic) bond motifs is 4. The van der Waals surface area contributed by atoms with Gasteiger partial charge in [-0.05, 0) is 52.1 Å². The number of halogens is 1. The first-order chi connectivity index (χ1) is 12.6. The van der Waals surface area contributed by atoms with Crippen LogP contribution in [0.3, 0.4) is 0 Å². The summed E-state index contributed by atoms with van der Waals surface area (Å²) in [6, 6.07) is 19.0. The van der Waals surface area contributed by atoms with Gasteiger partial charge in [-0.3, -0.25) is 0 Å². The summed E-state index contributed by atoms with van der Waals surface area (Å²) in [4.78, 5) is 13.1. The molecule has 0 atom stereocenters. The largest absolute Gasteiger partial charge is 0.236 e. The van der Waals surface area contributed by atoms with Crippen molar-refractivity contribution in [3.05, 3.63) is 77.2 Å². The highest BCUT2D eigenvalue weighted by Gasteiger charge is 2.35. The molecule has 2 aromatic carbocycles. The van der Waals surface area contributed by atoms with Gasteiger partial charge in [-0.25, -0.2) is 9.97 Å². The van der Waals surface area contributed by atoms with E-state index in [1.165, 1.54) is 22.3 Å². The lowest BCUT2D eigenvalue weighted by Gasteiger charge is -2.22. The summed E-state index contributed by atoms with van der Waals surface area (Å²) in [7, 11) is 0. The van der Waals surface area contributed by atoms with Crippen LogP contribution in [0.25, 0.3) is 33.4 Å². The van der Waals surface area contributed by atoms with Crippen molar-refractivity contribution < 1.29 is 0 Å². The Morgan fingerprint density at radius 3 is 2.54 bits per heavy atom. The van der Waals surface area contributed by atoms with Crippen molar-refractivity contribution in [2.75, 3.05) is 0 Å². The highest BCUT2D eigenvalue weighted by Crippen LogP contribution is 2.49. The van der Waals surface area contributed by atoms with Crippen molar-refractivity contribution in [3.63, 3.8) is 0 Å². The molecule has 5 rings (SSSR count). The number of aromatic nitrogens is 3.